The monoisotopic (exact) mass is 320 g/mol. The lowest BCUT2D eigenvalue weighted by molar-refractivity contribution is -0.121. The van der Waals surface area contributed by atoms with Crippen LogP contribution in [-0.2, 0) is 17.8 Å². The molecule has 0 fully saturated rings. The topological polar surface area (TPSA) is 87.5 Å². The van der Waals surface area contributed by atoms with E-state index in [-0.39, 0.29) is 17.6 Å². The Morgan fingerprint density at radius 1 is 1.50 bits per heavy atom. The van der Waals surface area contributed by atoms with Crippen LogP contribution in [0, 0.1) is 0 Å². The quantitative estimate of drug-likeness (QED) is 0.880. The molecule has 0 spiro atoms. The molecule has 2 amide bonds. The first-order valence-electron chi connectivity index (χ1n) is 6.92. The Balaban J connectivity index is 1.66. The fraction of sp³-hybridized carbons (Fsp3) is 0.357. The maximum atomic E-state index is 11.9. The molecule has 22 heavy (non-hydrogen) atoms. The van der Waals surface area contributed by atoms with Crippen molar-refractivity contribution in [1.29, 1.82) is 0 Å². The third-order valence-electron chi connectivity index (χ3n) is 3.42. The highest BCUT2D eigenvalue weighted by molar-refractivity contribution is 7.15. The van der Waals surface area contributed by atoms with E-state index in [4.69, 9.17) is 4.42 Å². The second-order valence-corrected chi connectivity index (χ2v) is 6.04. The van der Waals surface area contributed by atoms with Crippen molar-refractivity contribution in [1.82, 2.24) is 15.2 Å². The van der Waals surface area contributed by atoms with Crippen LogP contribution < -0.4 is 10.6 Å². The third kappa shape index (κ3) is 3.18. The molecule has 2 aromatic heterocycles. The summed E-state index contributed by atoms with van der Waals surface area (Å²) in [5, 5.41) is 5.93. The molecule has 3 heterocycles. The average molecular weight is 320 g/mol. The molecule has 0 radical (unpaired) electrons. The van der Waals surface area contributed by atoms with Crippen LogP contribution in [0.4, 0.5) is 5.13 Å². The minimum Gasteiger partial charge on any atom is -0.459 e. The molecule has 0 bridgehead atoms. The molecule has 0 aliphatic carbocycles. The van der Waals surface area contributed by atoms with Gasteiger partial charge in [-0.1, -0.05) is 0 Å². The molecule has 0 atom stereocenters. The molecule has 2 aromatic rings. The molecule has 3 rings (SSSR count). The maximum absolute atomic E-state index is 11.9. The van der Waals surface area contributed by atoms with E-state index in [1.54, 1.807) is 19.2 Å². The van der Waals surface area contributed by atoms with Gasteiger partial charge in [0.05, 0.1) is 18.5 Å². The van der Waals surface area contributed by atoms with Crippen molar-refractivity contribution >= 4 is 28.3 Å². The van der Waals surface area contributed by atoms with Crippen molar-refractivity contribution in [2.75, 3.05) is 25.5 Å². The third-order valence-corrected chi connectivity index (χ3v) is 4.42. The molecule has 0 unspecified atom stereocenters. The van der Waals surface area contributed by atoms with Crippen molar-refractivity contribution in [2.45, 2.75) is 13.0 Å². The molecular formula is C14H16N4O3S. The van der Waals surface area contributed by atoms with Gasteiger partial charge in [-0.2, -0.15) is 0 Å². The average Bonchev–Trinajstić information content (AvgIpc) is 3.15. The van der Waals surface area contributed by atoms with Crippen molar-refractivity contribution in [3.63, 3.8) is 0 Å². The Labute approximate surface area is 131 Å². The van der Waals surface area contributed by atoms with E-state index >= 15 is 0 Å². The molecule has 7 nitrogen and oxygen atoms in total. The predicted octanol–water partition coefficient (Wildman–Crippen LogP) is 1.09. The number of nitrogens with zero attached hydrogens (tertiary/aromatic N) is 2. The zero-order chi connectivity index (χ0) is 15.5. The highest BCUT2D eigenvalue weighted by atomic mass is 32.1. The molecule has 0 saturated carbocycles. The lowest BCUT2D eigenvalue weighted by Crippen LogP contribution is -2.38. The highest BCUT2D eigenvalue weighted by Crippen LogP contribution is 2.28. The maximum Gasteiger partial charge on any atom is 0.293 e. The van der Waals surface area contributed by atoms with Gasteiger partial charge in [0, 0.05) is 31.4 Å². The summed E-state index contributed by atoms with van der Waals surface area (Å²) >= 11 is 1.44. The van der Waals surface area contributed by atoms with E-state index in [2.05, 4.69) is 20.5 Å². The minimum absolute atomic E-state index is 0.000638. The van der Waals surface area contributed by atoms with Gasteiger partial charge in [0.15, 0.2) is 10.9 Å². The van der Waals surface area contributed by atoms with Gasteiger partial charge in [-0.25, -0.2) is 4.98 Å². The fourth-order valence-electron chi connectivity index (χ4n) is 2.29. The molecule has 116 valence electrons. The number of carbonyl (C=O) groups is 2. The number of amides is 2. The van der Waals surface area contributed by atoms with E-state index < -0.39 is 0 Å². The van der Waals surface area contributed by atoms with Gasteiger partial charge < -0.3 is 9.73 Å². The normalized spacial score (nSPS) is 14.4. The summed E-state index contributed by atoms with van der Waals surface area (Å²) in [6.45, 7) is 1.84. The summed E-state index contributed by atoms with van der Waals surface area (Å²) < 4.78 is 5.05. The lowest BCUT2D eigenvalue weighted by atomic mass is 10.2. The first-order valence-corrected chi connectivity index (χ1v) is 7.73. The summed E-state index contributed by atoms with van der Waals surface area (Å²) in [6.07, 6.45) is 2.23. The largest absolute Gasteiger partial charge is 0.459 e. The van der Waals surface area contributed by atoms with Crippen LogP contribution in [0.2, 0.25) is 0 Å². The molecule has 0 saturated heterocycles. The molecule has 0 aromatic carbocycles. The Hall–Kier alpha value is -2.19. The zero-order valence-corrected chi connectivity index (χ0v) is 12.9. The smallest absolute Gasteiger partial charge is 0.293 e. The van der Waals surface area contributed by atoms with Crippen LogP contribution in [0.15, 0.2) is 22.8 Å². The molecule has 1 aliphatic rings. The van der Waals surface area contributed by atoms with Crippen LogP contribution in [0.25, 0.3) is 0 Å². The van der Waals surface area contributed by atoms with Gasteiger partial charge >= 0.3 is 0 Å². The SMILES string of the molecule is CNC(=O)CN1CCc2nc(NC(=O)c3ccco3)sc2C1. The van der Waals surface area contributed by atoms with Crippen LogP contribution in [0.1, 0.15) is 21.1 Å². The van der Waals surface area contributed by atoms with Crippen LogP contribution in [0.3, 0.4) is 0 Å². The molecular weight excluding hydrogens is 304 g/mol. The molecule has 8 heteroatoms. The van der Waals surface area contributed by atoms with E-state index in [0.717, 1.165) is 23.5 Å². The standard InChI is InChI=1S/C14H16N4O3S/c1-15-12(19)8-18-5-4-9-11(7-18)22-14(16-9)17-13(20)10-3-2-6-21-10/h2-3,6H,4-5,7-8H2,1H3,(H,15,19)(H,16,17,20). The van der Waals surface area contributed by atoms with Gasteiger partial charge in [0.25, 0.3) is 5.91 Å². The number of aromatic nitrogens is 1. The van der Waals surface area contributed by atoms with Crippen LogP contribution in [0.5, 0.6) is 0 Å². The number of nitrogens with one attached hydrogen (secondary N) is 2. The Bertz CT molecular complexity index is 680. The number of fused-ring (bicyclic) bond motifs is 1. The van der Waals surface area contributed by atoms with E-state index in [1.165, 1.54) is 17.6 Å². The number of furan rings is 1. The Kier molecular flexibility index (Phi) is 4.21. The lowest BCUT2D eigenvalue weighted by Gasteiger charge is -2.24. The number of anilines is 1. The Morgan fingerprint density at radius 2 is 2.36 bits per heavy atom. The number of hydrogen-bond donors (Lipinski definition) is 2. The van der Waals surface area contributed by atoms with Crippen molar-refractivity contribution in [3.05, 3.63) is 34.7 Å². The van der Waals surface area contributed by atoms with E-state index in [1.807, 2.05) is 0 Å². The summed E-state index contributed by atoms with van der Waals surface area (Å²) in [5.41, 5.74) is 0.993. The second kappa shape index (κ2) is 6.29. The number of rotatable bonds is 4. The summed E-state index contributed by atoms with van der Waals surface area (Å²) in [6, 6.07) is 3.27. The van der Waals surface area contributed by atoms with Crippen LogP contribution in [-0.4, -0.2) is 41.8 Å². The predicted molar refractivity (Wildman–Crippen MR) is 81.8 cm³/mol. The van der Waals surface area contributed by atoms with Gasteiger partial charge in [-0.3, -0.25) is 19.8 Å². The molecule has 1 aliphatic heterocycles. The number of thiazole rings is 1. The number of likely N-dealkylation sites (N-methyl/N-ethyl adjacent to an activating group) is 1. The summed E-state index contributed by atoms with van der Waals surface area (Å²) in [4.78, 5) is 31.0. The van der Waals surface area contributed by atoms with Gasteiger partial charge in [-0.15, -0.1) is 11.3 Å². The fourth-order valence-corrected chi connectivity index (χ4v) is 3.33. The first kappa shape index (κ1) is 14.7. The molecule has 2 N–H and O–H groups in total. The minimum atomic E-state index is -0.307. The highest BCUT2D eigenvalue weighted by Gasteiger charge is 2.23. The summed E-state index contributed by atoms with van der Waals surface area (Å²) in [5.74, 6) is -0.0490. The van der Waals surface area contributed by atoms with Crippen LogP contribution >= 0.6 is 11.3 Å². The van der Waals surface area contributed by atoms with Gasteiger partial charge in [0.2, 0.25) is 5.91 Å². The van der Waals surface area contributed by atoms with E-state index in [0.29, 0.717) is 18.2 Å². The summed E-state index contributed by atoms with van der Waals surface area (Å²) in [7, 11) is 1.63. The number of carbonyl (C=O) groups excluding carboxylic acids is 2. The zero-order valence-electron chi connectivity index (χ0n) is 12.1. The van der Waals surface area contributed by atoms with Gasteiger partial charge in [0.1, 0.15) is 0 Å². The first-order chi connectivity index (χ1) is 10.7. The van der Waals surface area contributed by atoms with Gasteiger partial charge in [-0.05, 0) is 12.1 Å². The second-order valence-electron chi connectivity index (χ2n) is 4.95. The van der Waals surface area contributed by atoms with Crippen molar-refractivity contribution in [2.24, 2.45) is 0 Å². The number of hydrogen-bond acceptors (Lipinski definition) is 6. The Morgan fingerprint density at radius 3 is 3.09 bits per heavy atom. The van der Waals surface area contributed by atoms with Crippen molar-refractivity contribution < 1.29 is 14.0 Å². The van der Waals surface area contributed by atoms with Crippen molar-refractivity contribution in [3.8, 4) is 0 Å². The van der Waals surface area contributed by atoms with E-state index in [9.17, 15) is 9.59 Å².